The predicted molar refractivity (Wildman–Crippen MR) is 71.7 cm³/mol. The van der Waals surface area contributed by atoms with Crippen LogP contribution in [0.5, 0.6) is 0 Å². The minimum atomic E-state index is -1.38. The molecule has 2 N–H and O–H groups in total. The number of nitrogens with zero attached hydrogens (tertiary/aromatic N) is 1. The maximum absolute atomic E-state index is 9.74. The molecule has 3 nitrogen and oxygen atoms in total. The van der Waals surface area contributed by atoms with Gasteiger partial charge in [0.25, 0.3) is 0 Å². The lowest BCUT2D eigenvalue weighted by atomic mass is 10.1. The Morgan fingerprint density at radius 2 is 2.12 bits per heavy atom. The SMILES string of the molecule is CCCCCC(S)(C#N)/[Si](C)=C(\O)CCO. The van der Waals surface area contributed by atoms with Gasteiger partial charge < -0.3 is 10.2 Å². The van der Waals surface area contributed by atoms with Gasteiger partial charge in [-0.15, -0.1) is 0 Å². The van der Waals surface area contributed by atoms with E-state index in [0.717, 1.165) is 19.3 Å². The van der Waals surface area contributed by atoms with E-state index in [0.29, 0.717) is 6.42 Å². The first-order valence-corrected chi connectivity index (χ1v) is 8.10. The Morgan fingerprint density at radius 1 is 1.50 bits per heavy atom. The van der Waals surface area contributed by atoms with Crippen molar-refractivity contribution in [3.8, 4) is 6.07 Å². The van der Waals surface area contributed by atoms with Crippen LogP contribution in [-0.4, -0.2) is 35.0 Å². The van der Waals surface area contributed by atoms with E-state index >= 15 is 0 Å². The Bertz CT molecular complexity index is 288. The fraction of sp³-hybridized carbons (Fsp3) is 0.818. The largest absolute Gasteiger partial charge is 0.518 e. The van der Waals surface area contributed by atoms with Gasteiger partial charge in [0.15, 0.2) is 0 Å². The predicted octanol–water partition coefficient (Wildman–Crippen LogP) is 1.89. The Morgan fingerprint density at radius 3 is 2.56 bits per heavy atom. The summed E-state index contributed by atoms with van der Waals surface area (Å²) in [5, 5.41) is 28.0. The second-order valence-electron chi connectivity index (χ2n) is 3.97. The fourth-order valence-electron chi connectivity index (χ4n) is 1.49. The van der Waals surface area contributed by atoms with Gasteiger partial charge >= 0.3 is 0 Å². The van der Waals surface area contributed by atoms with Gasteiger partial charge in [0, 0.05) is 13.0 Å². The van der Waals surface area contributed by atoms with E-state index in [-0.39, 0.29) is 18.4 Å². The summed E-state index contributed by atoms with van der Waals surface area (Å²) < 4.78 is -0.723. The number of hydrogen-bond donors (Lipinski definition) is 3. The Labute approximate surface area is 105 Å². The van der Waals surface area contributed by atoms with E-state index in [1.165, 1.54) is 0 Å². The molecule has 0 rings (SSSR count). The van der Waals surface area contributed by atoms with Crippen molar-refractivity contribution in [3.05, 3.63) is 0 Å². The zero-order valence-electron chi connectivity index (χ0n) is 10.0. The first-order valence-electron chi connectivity index (χ1n) is 5.65. The molecule has 0 aliphatic rings. The lowest BCUT2D eigenvalue weighted by Crippen LogP contribution is -2.36. The highest BCUT2D eigenvalue weighted by molar-refractivity contribution is 7.84. The summed E-state index contributed by atoms with van der Waals surface area (Å²) in [6.07, 6.45) is 4.12. The number of unbranched alkanes of at least 4 members (excludes halogenated alkanes) is 2. The van der Waals surface area contributed by atoms with Crippen LogP contribution in [0.15, 0.2) is 0 Å². The number of thiol groups is 1. The first-order chi connectivity index (χ1) is 7.51. The summed E-state index contributed by atoms with van der Waals surface area (Å²) in [6.45, 7) is 3.93. The monoisotopic (exact) mass is 259 g/mol. The van der Waals surface area contributed by atoms with Gasteiger partial charge in [0.05, 0.1) is 19.8 Å². The third kappa shape index (κ3) is 4.68. The van der Waals surface area contributed by atoms with Crippen LogP contribution in [0.3, 0.4) is 0 Å². The number of hydrogen-bond acceptors (Lipinski definition) is 4. The molecule has 0 saturated heterocycles. The first kappa shape index (κ1) is 15.7. The van der Waals surface area contributed by atoms with E-state index in [2.05, 4.69) is 25.6 Å². The van der Waals surface area contributed by atoms with Crippen molar-refractivity contribution >= 4 is 26.4 Å². The van der Waals surface area contributed by atoms with Crippen LogP contribution in [0.2, 0.25) is 6.55 Å². The second kappa shape index (κ2) is 7.88. The summed E-state index contributed by atoms with van der Waals surface area (Å²) in [4.78, 5) is 0. The molecule has 92 valence electrons. The average molecular weight is 259 g/mol. The molecule has 16 heavy (non-hydrogen) atoms. The van der Waals surface area contributed by atoms with Crippen LogP contribution >= 0.6 is 12.6 Å². The molecule has 0 fully saturated rings. The summed E-state index contributed by atoms with van der Waals surface area (Å²) in [5.74, 6) is 0. The molecule has 0 spiro atoms. The van der Waals surface area contributed by atoms with Gasteiger partial charge in [-0.3, -0.25) is 0 Å². The topological polar surface area (TPSA) is 64.2 Å². The van der Waals surface area contributed by atoms with Gasteiger partial charge in [-0.05, 0) is 6.42 Å². The molecular formula is C11H21NO2SSi. The second-order valence-corrected chi connectivity index (χ2v) is 7.84. The third-order valence-electron chi connectivity index (χ3n) is 2.73. The molecule has 0 aromatic rings. The van der Waals surface area contributed by atoms with Crippen molar-refractivity contribution in [2.24, 2.45) is 0 Å². The van der Waals surface area contributed by atoms with Crippen LogP contribution in [0.25, 0.3) is 0 Å². The van der Waals surface area contributed by atoms with E-state index in [1.807, 2.05) is 6.55 Å². The molecular weight excluding hydrogens is 238 g/mol. The van der Waals surface area contributed by atoms with Crippen LogP contribution in [0.1, 0.15) is 39.0 Å². The third-order valence-corrected chi connectivity index (χ3v) is 6.78. The van der Waals surface area contributed by atoms with Gasteiger partial charge in [-0.1, -0.05) is 32.7 Å². The zero-order valence-corrected chi connectivity index (χ0v) is 11.9. The molecule has 0 aromatic carbocycles. The molecule has 0 amide bonds. The molecule has 0 aliphatic heterocycles. The van der Waals surface area contributed by atoms with Gasteiger partial charge in [-0.2, -0.15) is 17.9 Å². The molecule has 0 radical (unpaired) electrons. The van der Waals surface area contributed by atoms with Gasteiger partial charge in [0.2, 0.25) is 0 Å². The summed E-state index contributed by atoms with van der Waals surface area (Å²) in [6, 6.07) is 2.22. The fourth-order valence-corrected chi connectivity index (χ4v) is 3.72. The van der Waals surface area contributed by atoms with Crippen molar-refractivity contribution in [1.29, 1.82) is 5.26 Å². The molecule has 0 bridgehead atoms. The van der Waals surface area contributed by atoms with Crippen molar-refractivity contribution in [1.82, 2.24) is 0 Å². The normalized spacial score (nSPS) is 16.2. The van der Waals surface area contributed by atoms with E-state index in [1.54, 1.807) is 0 Å². The molecule has 0 heterocycles. The minimum absolute atomic E-state index is 0.0713. The van der Waals surface area contributed by atoms with Crippen LogP contribution in [-0.2, 0) is 0 Å². The number of nitriles is 1. The molecule has 5 heteroatoms. The number of rotatable bonds is 7. The van der Waals surface area contributed by atoms with E-state index < -0.39 is 12.8 Å². The zero-order chi connectivity index (χ0) is 12.6. The maximum atomic E-state index is 9.74. The Kier molecular flexibility index (Phi) is 7.72. The summed E-state index contributed by atoms with van der Waals surface area (Å²) in [7, 11) is -1.38. The highest BCUT2D eigenvalue weighted by atomic mass is 32.1. The summed E-state index contributed by atoms with van der Waals surface area (Å²) >= 11 is 4.44. The smallest absolute Gasteiger partial charge is 0.108 e. The minimum Gasteiger partial charge on any atom is -0.518 e. The highest BCUT2D eigenvalue weighted by Gasteiger charge is 2.30. The van der Waals surface area contributed by atoms with Crippen molar-refractivity contribution in [2.45, 2.75) is 49.9 Å². The van der Waals surface area contributed by atoms with Gasteiger partial charge in [0.1, 0.15) is 4.37 Å². The van der Waals surface area contributed by atoms with E-state index in [4.69, 9.17) is 5.11 Å². The van der Waals surface area contributed by atoms with Crippen molar-refractivity contribution < 1.29 is 10.2 Å². The molecule has 0 aliphatic carbocycles. The van der Waals surface area contributed by atoms with Gasteiger partial charge in [-0.25, -0.2) is 0 Å². The molecule has 0 aromatic heterocycles. The quantitative estimate of drug-likeness (QED) is 0.372. The number of aliphatic hydroxyl groups is 2. The Balaban J connectivity index is 4.68. The Hall–Kier alpha value is -0.313. The molecule has 1 unspecified atom stereocenters. The lowest BCUT2D eigenvalue weighted by Gasteiger charge is -2.22. The van der Waals surface area contributed by atoms with Crippen molar-refractivity contribution in [2.75, 3.05) is 6.61 Å². The van der Waals surface area contributed by atoms with Crippen LogP contribution in [0.4, 0.5) is 0 Å². The molecule has 1 atom stereocenters. The van der Waals surface area contributed by atoms with E-state index in [9.17, 15) is 10.4 Å². The standard InChI is InChI=1S/C11H21NO2SSi/c1-3-4-5-7-11(15,9-12)16(2)10(14)6-8-13/h13-15H,3-8H2,1-2H3/b16-10-. The maximum Gasteiger partial charge on any atom is 0.108 e. The highest BCUT2D eigenvalue weighted by Crippen LogP contribution is 2.23. The lowest BCUT2D eigenvalue weighted by molar-refractivity contribution is 0.300. The average Bonchev–Trinajstić information content (AvgIpc) is 2.28. The molecule has 0 saturated carbocycles. The summed E-state index contributed by atoms with van der Waals surface area (Å²) in [5.41, 5.74) is 0. The van der Waals surface area contributed by atoms with Crippen molar-refractivity contribution in [3.63, 3.8) is 0 Å². The van der Waals surface area contributed by atoms with Crippen LogP contribution in [0, 0.1) is 11.3 Å². The number of aliphatic hydroxyl groups excluding tert-OH is 2. The van der Waals surface area contributed by atoms with Crippen LogP contribution < -0.4 is 0 Å².